The van der Waals surface area contributed by atoms with Gasteiger partial charge >= 0.3 is 0 Å². The van der Waals surface area contributed by atoms with Gasteiger partial charge in [0.1, 0.15) is 0 Å². The quantitative estimate of drug-likeness (QED) is 0.907. The third-order valence-electron chi connectivity index (χ3n) is 5.35. The summed E-state index contributed by atoms with van der Waals surface area (Å²) in [5.41, 5.74) is 13.2. The third kappa shape index (κ3) is 1.93. The van der Waals surface area contributed by atoms with Crippen molar-refractivity contribution in [2.45, 2.75) is 47.0 Å². The summed E-state index contributed by atoms with van der Waals surface area (Å²) in [5, 5.41) is 0. The molecule has 0 bridgehead atoms. The van der Waals surface area contributed by atoms with Gasteiger partial charge in [-0.05, 0) is 67.5 Å². The summed E-state index contributed by atoms with van der Waals surface area (Å²) in [7, 11) is 0. The van der Waals surface area contributed by atoms with E-state index in [1.807, 2.05) is 0 Å². The van der Waals surface area contributed by atoms with Gasteiger partial charge in [0.05, 0.1) is 13.2 Å². The molecule has 1 aromatic rings. The first-order chi connectivity index (χ1) is 8.77. The zero-order valence-corrected chi connectivity index (χ0v) is 13.2. The van der Waals surface area contributed by atoms with Gasteiger partial charge in [-0.2, -0.15) is 0 Å². The minimum absolute atomic E-state index is 0.0566. The van der Waals surface area contributed by atoms with Crippen molar-refractivity contribution in [1.82, 2.24) is 0 Å². The zero-order valence-electron chi connectivity index (χ0n) is 13.2. The van der Waals surface area contributed by atoms with Gasteiger partial charge in [-0.1, -0.05) is 19.9 Å². The van der Waals surface area contributed by atoms with Crippen LogP contribution in [0.5, 0.6) is 0 Å². The Morgan fingerprint density at radius 1 is 1.11 bits per heavy atom. The number of nitrogens with two attached hydrogens (primary N) is 1. The van der Waals surface area contributed by atoms with Crippen LogP contribution in [0.1, 0.15) is 41.7 Å². The molecule has 19 heavy (non-hydrogen) atoms. The molecule has 0 radical (unpaired) electrons. The van der Waals surface area contributed by atoms with E-state index in [0.29, 0.717) is 6.54 Å². The van der Waals surface area contributed by atoms with E-state index in [2.05, 4.69) is 47.6 Å². The Bertz CT molecular complexity index is 472. The molecule has 0 aliphatic carbocycles. The third-order valence-corrected chi connectivity index (χ3v) is 5.35. The lowest BCUT2D eigenvalue weighted by molar-refractivity contribution is -0.117. The van der Waals surface area contributed by atoms with E-state index < -0.39 is 0 Å². The molecular weight excluding hydrogens is 234 g/mol. The van der Waals surface area contributed by atoms with E-state index in [9.17, 15) is 0 Å². The van der Waals surface area contributed by atoms with Crippen LogP contribution in [0.4, 0.5) is 0 Å². The molecule has 0 unspecified atom stereocenters. The Balaban J connectivity index is 2.70. The molecule has 2 nitrogen and oxygen atoms in total. The molecule has 0 aromatic heterocycles. The first-order valence-electron chi connectivity index (χ1n) is 7.12. The van der Waals surface area contributed by atoms with E-state index in [1.165, 1.54) is 27.8 Å². The standard InChI is InChI=1S/C17H27NO/c1-11-7-12(2)14(4)15(13(11)3)17(9-19-10-17)16(5,6)8-18/h7H,8-10,18H2,1-6H3. The second-order valence-electron chi connectivity index (χ2n) is 6.80. The minimum atomic E-state index is 0.0566. The molecule has 1 aliphatic heterocycles. The van der Waals surface area contributed by atoms with Crippen molar-refractivity contribution in [3.05, 3.63) is 33.9 Å². The highest BCUT2D eigenvalue weighted by molar-refractivity contribution is 5.50. The molecular formula is C17H27NO. The van der Waals surface area contributed by atoms with Crippen molar-refractivity contribution in [2.75, 3.05) is 19.8 Å². The number of benzene rings is 1. The van der Waals surface area contributed by atoms with Crippen molar-refractivity contribution in [1.29, 1.82) is 0 Å². The summed E-state index contributed by atoms with van der Waals surface area (Å²) in [5.74, 6) is 0. The molecule has 1 saturated heterocycles. The van der Waals surface area contributed by atoms with Crippen LogP contribution in [0, 0.1) is 33.1 Å². The van der Waals surface area contributed by atoms with E-state index in [-0.39, 0.29) is 10.8 Å². The van der Waals surface area contributed by atoms with Crippen LogP contribution < -0.4 is 5.73 Å². The van der Waals surface area contributed by atoms with Crippen molar-refractivity contribution >= 4 is 0 Å². The average Bonchev–Trinajstić information content (AvgIpc) is 2.29. The second kappa shape index (κ2) is 4.60. The number of ether oxygens (including phenoxy) is 1. The van der Waals surface area contributed by atoms with Crippen LogP contribution in [0.2, 0.25) is 0 Å². The molecule has 1 fully saturated rings. The molecule has 0 atom stereocenters. The lowest BCUT2D eigenvalue weighted by atomic mass is 9.58. The van der Waals surface area contributed by atoms with E-state index >= 15 is 0 Å². The van der Waals surface area contributed by atoms with E-state index in [0.717, 1.165) is 13.2 Å². The first-order valence-corrected chi connectivity index (χ1v) is 7.12. The second-order valence-corrected chi connectivity index (χ2v) is 6.80. The van der Waals surface area contributed by atoms with Gasteiger partial charge in [-0.15, -0.1) is 0 Å². The highest BCUT2D eigenvalue weighted by Crippen LogP contribution is 2.49. The number of rotatable bonds is 3. The Labute approximate surface area is 117 Å². The van der Waals surface area contributed by atoms with E-state index in [4.69, 9.17) is 10.5 Å². The Kier molecular flexibility index (Phi) is 3.53. The van der Waals surface area contributed by atoms with Gasteiger partial charge in [-0.25, -0.2) is 0 Å². The van der Waals surface area contributed by atoms with Crippen molar-refractivity contribution in [3.63, 3.8) is 0 Å². The number of hydrogen-bond donors (Lipinski definition) is 1. The monoisotopic (exact) mass is 261 g/mol. The van der Waals surface area contributed by atoms with Gasteiger partial charge in [-0.3, -0.25) is 0 Å². The lowest BCUT2D eigenvalue weighted by Gasteiger charge is -2.54. The number of aryl methyl sites for hydroxylation is 2. The van der Waals surface area contributed by atoms with Crippen LogP contribution in [0.15, 0.2) is 6.07 Å². The summed E-state index contributed by atoms with van der Waals surface area (Å²) in [6.45, 7) is 15.7. The van der Waals surface area contributed by atoms with Crippen LogP contribution in [0.3, 0.4) is 0 Å². The lowest BCUT2D eigenvalue weighted by Crippen LogP contribution is -2.60. The van der Waals surface area contributed by atoms with Gasteiger partial charge in [0.15, 0.2) is 0 Å². The Hall–Kier alpha value is -0.860. The Morgan fingerprint density at radius 3 is 1.89 bits per heavy atom. The van der Waals surface area contributed by atoms with Gasteiger partial charge in [0.2, 0.25) is 0 Å². The fourth-order valence-electron chi connectivity index (χ4n) is 3.31. The molecule has 0 amide bonds. The topological polar surface area (TPSA) is 35.2 Å². The summed E-state index contributed by atoms with van der Waals surface area (Å²) >= 11 is 0. The SMILES string of the molecule is Cc1cc(C)c(C)c(C2(C(C)(C)CN)COC2)c1C. The maximum Gasteiger partial charge on any atom is 0.0591 e. The van der Waals surface area contributed by atoms with Crippen LogP contribution >= 0.6 is 0 Å². The highest BCUT2D eigenvalue weighted by atomic mass is 16.5. The maximum absolute atomic E-state index is 6.06. The molecule has 2 N–H and O–H groups in total. The van der Waals surface area contributed by atoms with Crippen molar-refractivity contribution in [3.8, 4) is 0 Å². The van der Waals surface area contributed by atoms with Gasteiger partial charge in [0.25, 0.3) is 0 Å². The Morgan fingerprint density at radius 2 is 1.58 bits per heavy atom. The van der Waals surface area contributed by atoms with Crippen molar-refractivity contribution in [2.24, 2.45) is 11.1 Å². The fourth-order valence-corrected chi connectivity index (χ4v) is 3.31. The molecule has 1 heterocycles. The molecule has 2 heteroatoms. The smallest absolute Gasteiger partial charge is 0.0591 e. The predicted octanol–water partition coefficient (Wildman–Crippen LogP) is 3.17. The van der Waals surface area contributed by atoms with Crippen LogP contribution in [0.25, 0.3) is 0 Å². The van der Waals surface area contributed by atoms with Crippen LogP contribution in [-0.2, 0) is 10.2 Å². The molecule has 1 aromatic carbocycles. The molecule has 106 valence electrons. The first kappa shape index (κ1) is 14.5. The largest absolute Gasteiger partial charge is 0.379 e. The molecule has 2 rings (SSSR count). The average molecular weight is 261 g/mol. The zero-order chi connectivity index (χ0) is 14.4. The minimum Gasteiger partial charge on any atom is -0.379 e. The fraction of sp³-hybridized carbons (Fsp3) is 0.647. The van der Waals surface area contributed by atoms with E-state index in [1.54, 1.807) is 0 Å². The van der Waals surface area contributed by atoms with Gasteiger partial charge < -0.3 is 10.5 Å². The van der Waals surface area contributed by atoms with Crippen LogP contribution in [-0.4, -0.2) is 19.8 Å². The molecule has 1 aliphatic rings. The summed E-state index contributed by atoms with van der Waals surface area (Å²) < 4.78 is 5.62. The predicted molar refractivity (Wildman–Crippen MR) is 80.7 cm³/mol. The van der Waals surface area contributed by atoms with Crippen molar-refractivity contribution < 1.29 is 4.74 Å². The normalized spacial score (nSPS) is 18.3. The summed E-state index contributed by atoms with van der Waals surface area (Å²) in [4.78, 5) is 0. The highest BCUT2D eigenvalue weighted by Gasteiger charge is 2.52. The molecule has 0 saturated carbocycles. The summed E-state index contributed by atoms with van der Waals surface area (Å²) in [6.07, 6.45) is 0. The summed E-state index contributed by atoms with van der Waals surface area (Å²) in [6, 6.07) is 2.29. The van der Waals surface area contributed by atoms with Gasteiger partial charge in [0, 0.05) is 5.41 Å². The maximum atomic E-state index is 6.06. The molecule has 0 spiro atoms. The number of hydrogen-bond acceptors (Lipinski definition) is 2.